The van der Waals surface area contributed by atoms with Gasteiger partial charge < -0.3 is 9.47 Å². The van der Waals surface area contributed by atoms with Crippen LogP contribution in [0.2, 0.25) is 0 Å². The highest BCUT2D eigenvalue weighted by Gasteiger charge is 2.19. The van der Waals surface area contributed by atoms with Crippen LogP contribution in [0.15, 0.2) is 47.4 Å². The van der Waals surface area contributed by atoms with Gasteiger partial charge in [0.15, 0.2) is 6.10 Å². The van der Waals surface area contributed by atoms with E-state index in [1.54, 1.807) is 38.3 Å². The van der Waals surface area contributed by atoms with Gasteiger partial charge in [-0.05, 0) is 68.3 Å². The Morgan fingerprint density at radius 3 is 2.32 bits per heavy atom. The van der Waals surface area contributed by atoms with Gasteiger partial charge in [0.05, 0.1) is 12.9 Å². The number of esters is 1. The number of methoxy groups -OCH3 is 1. The molecular formula is C20H22O4S. The van der Waals surface area contributed by atoms with Gasteiger partial charge in [-0.1, -0.05) is 6.07 Å². The summed E-state index contributed by atoms with van der Waals surface area (Å²) < 4.78 is 10.3. The Kier molecular flexibility index (Phi) is 6.65. The van der Waals surface area contributed by atoms with Crippen molar-refractivity contribution < 1.29 is 19.1 Å². The van der Waals surface area contributed by atoms with Gasteiger partial charge in [-0.3, -0.25) is 9.59 Å². The number of benzene rings is 2. The molecule has 2 rings (SSSR count). The smallest absolute Gasteiger partial charge is 0.316 e. The molecule has 25 heavy (non-hydrogen) atoms. The van der Waals surface area contributed by atoms with E-state index in [0.29, 0.717) is 11.3 Å². The monoisotopic (exact) mass is 358 g/mol. The molecule has 0 aliphatic carbocycles. The Morgan fingerprint density at radius 1 is 1.04 bits per heavy atom. The molecule has 0 radical (unpaired) electrons. The summed E-state index contributed by atoms with van der Waals surface area (Å²) in [5, 5.41) is 0. The fourth-order valence-electron chi connectivity index (χ4n) is 2.22. The van der Waals surface area contributed by atoms with E-state index < -0.39 is 12.1 Å². The summed E-state index contributed by atoms with van der Waals surface area (Å²) in [6.45, 7) is 5.67. The third kappa shape index (κ3) is 5.36. The van der Waals surface area contributed by atoms with E-state index in [1.165, 1.54) is 22.9 Å². The molecule has 2 aromatic rings. The second-order valence-corrected chi connectivity index (χ2v) is 6.81. The first-order valence-electron chi connectivity index (χ1n) is 7.98. The Labute approximate surface area is 152 Å². The van der Waals surface area contributed by atoms with Crippen molar-refractivity contribution in [2.24, 2.45) is 0 Å². The Hall–Kier alpha value is -2.27. The SMILES string of the molecule is COc1ccc(C(=O)[C@H](C)OC(=O)CSc2ccc(C)c(C)c2)cc1. The number of aryl methyl sites for hydroxylation is 2. The molecular weight excluding hydrogens is 336 g/mol. The predicted octanol–water partition coefficient (Wildman–Crippen LogP) is 4.22. The maximum atomic E-state index is 12.3. The maximum absolute atomic E-state index is 12.3. The van der Waals surface area contributed by atoms with Crippen LogP contribution in [-0.2, 0) is 9.53 Å². The molecule has 1 atom stereocenters. The lowest BCUT2D eigenvalue weighted by Crippen LogP contribution is -2.25. The highest BCUT2D eigenvalue weighted by Crippen LogP contribution is 2.21. The van der Waals surface area contributed by atoms with E-state index in [0.717, 1.165) is 4.90 Å². The Bertz CT molecular complexity index is 753. The first kappa shape index (κ1) is 19.1. The quantitative estimate of drug-likeness (QED) is 0.421. The minimum absolute atomic E-state index is 0.169. The zero-order valence-corrected chi connectivity index (χ0v) is 15.7. The second-order valence-electron chi connectivity index (χ2n) is 5.76. The largest absolute Gasteiger partial charge is 0.497 e. The van der Waals surface area contributed by atoms with E-state index in [2.05, 4.69) is 0 Å². The molecule has 0 bridgehead atoms. The highest BCUT2D eigenvalue weighted by molar-refractivity contribution is 8.00. The minimum atomic E-state index is -0.818. The summed E-state index contributed by atoms with van der Waals surface area (Å²) in [6.07, 6.45) is -0.818. The van der Waals surface area contributed by atoms with Crippen LogP contribution in [0.1, 0.15) is 28.4 Å². The third-order valence-corrected chi connectivity index (χ3v) is 4.85. The van der Waals surface area contributed by atoms with Crippen molar-refractivity contribution in [2.75, 3.05) is 12.9 Å². The lowest BCUT2D eigenvalue weighted by molar-refractivity contribution is -0.143. The van der Waals surface area contributed by atoms with E-state index in [9.17, 15) is 9.59 Å². The van der Waals surface area contributed by atoms with E-state index in [1.807, 2.05) is 32.0 Å². The zero-order chi connectivity index (χ0) is 18.4. The number of hydrogen-bond donors (Lipinski definition) is 0. The van der Waals surface area contributed by atoms with Crippen LogP contribution in [0.4, 0.5) is 0 Å². The molecule has 0 heterocycles. The molecule has 0 amide bonds. The van der Waals surface area contributed by atoms with Crippen LogP contribution in [0, 0.1) is 13.8 Å². The van der Waals surface area contributed by atoms with Crippen molar-refractivity contribution >= 4 is 23.5 Å². The number of rotatable bonds is 7. The zero-order valence-electron chi connectivity index (χ0n) is 14.9. The van der Waals surface area contributed by atoms with Gasteiger partial charge in [0, 0.05) is 10.5 Å². The molecule has 132 valence electrons. The molecule has 0 saturated carbocycles. The van der Waals surface area contributed by atoms with Crippen LogP contribution in [0.5, 0.6) is 5.75 Å². The predicted molar refractivity (Wildman–Crippen MR) is 99.5 cm³/mol. The molecule has 0 N–H and O–H groups in total. The average Bonchev–Trinajstić information content (AvgIpc) is 2.62. The van der Waals surface area contributed by atoms with Crippen LogP contribution < -0.4 is 4.74 Å². The number of ketones is 1. The van der Waals surface area contributed by atoms with Gasteiger partial charge in [0.2, 0.25) is 5.78 Å². The fraction of sp³-hybridized carbons (Fsp3) is 0.300. The van der Waals surface area contributed by atoms with E-state index in [4.69, 9.17) is 9.47 Å². The summed E-state index contributed by atoms with van der Waals surface area (Å²) in [4.78, 5) is 25.3. The highest BCUT2D eigenvalue weighted by atomic mass is 32.2. The molecule has 0 saturated heterocycles. The maximum Gasteiger partial charge on any atom is 0.316 e. The molecule has 0 aromatic heterocycles. The normalized spacial score (nSPS) is 11.7. The van der Waals surface area contributed by atoms with E-state index >= 15 is 0 Å². The molecule has 5 heteroatoms. The van der Waals surface area contributed by atoms with Gasteiger partial charge in [-0.2, -0.15) is 0 Å². The molecule has 0 fully saturated rings. The van der Waals surface area contributed by atoms with Gasteiger partial charge >= 0.3 is 5.97 Å². The average molecular weight is 358 g/mol. The Balaban J connectivity index is 1.88. The van der Waals surface area contributed by atoms with Gasteiger partial charge in [0.1, 0.15) is 5.75 Å². The number of carbonyl (C=O) groups excluding carboxylic acids is 2. The number of carbonyl (C=O) groups is 2. The van der Waals surface area contributed by atoms with Crippen LogP contribution in [0.3, 0.4) is 0 Å². The fourth-order valence-corrected chi connectivity index (χ4v) is 3.00. The standard InChI is InChI=1S/C20H22O4S/c1-13-5-10-18(11-14(13)2)25-12-19(21)24-15(3)20(22)16-6-8-17(23-4)9-7-16/h5-11,15H,12H2,1-4H3/t15-/m0/s1. The molecule has 4 nitrogen and oxygen atoms in total. The third-order valence-electron chi connectivity index (χ3n) is 3.89. The molecule has 0 spiro atoms. The lowest BCUT2D eigenvalue weighted by Gasteiger charge is -2.13. The van der Waals surface area contributed by atoms with Crippen molar-refractivity contribution in [1.29, 1.82) is 0 Å². The minimum Gasteiger partial charge on any atom is -0.497 e. The topological polar surface area (TPSA) is 52.6 Å². The lowest BCUT2D eigenvalue weighted by atomic mass is 10.1. The van der Waals surface area contributed by atoms with Crippen molar-refractivity contribution in [1.82, 2.24) is 0 Å². The molecule has 0 unspecified atom stereocenters. The summed E-state index contributed by atoms with van der Waals surface area (Å²) in [5.41, 5.74) is 2.88. The van der Waals surface area contributed by atoms with Crippen LogP contribution in [0.25, 0.3) is 0 Å². The van der Waals surface area contributed by atoms with Crippen molar-refractivity contribution in [3.8, 4) is 5.75 Å². The van der Waals surface area contributed by atoms with Crippen molar-refractivity contribution in [3.63, 3.8) is 0 Å². The summed E-state index contributed by atoms with van der Waals surface area (Å²) in [6, 6.07) is 12.8. The number of thioether (sulfide) groups is 1. The van der Waals surface area contributed by atoms with Crippen molar-refractivity contribution in [2.45, 2.75) is 31.8 Å². The first-order chi connectivity index (χ1) is 11.9. The number of ether oxygens (including phenoxy) is 2. The molecule has 0 aliphatic rings. The van der Waals surface area contributed by atoms with E-state index in [-0.39, 0.29) is 11.5 Å². The van der Waals surface area contributed by atoms with Gasteiger partial charge in [-0.25, -0.2) is 0 Å². The summed E-state index contributed by atoms with van der Waals surface area (Å²) >= 11 is 1.40. The van der Waals surface area contributed by atoms with Crippen molar-refractivity contribution in [3.05, 3.63) is 59.2 Å². The Morgan fingerprint density at radius 2 is 1.72 bits per heavy atom. The van der Waals surface area contributed by atoms with Gasteiger partial charge in [-0.15, -0.1) is 11.8 Å². The van der Waals surface area contributed by atoms with Crippen LogP contribution >= 0.6 is 11.8 Å². The summed E-state index contributed by atoms with van der Waals surface area (Å²) in [7, 11) is 1.56. The molecule has 0 aliphatic heterocycles. The number of Topliss-reactive ketones (excluding diaryl/α,β-unsaturated/α-hetero) is 1. The second kappa shape index (κ2) is 8.72. The molecule has 2 aromatic carbocycles. The number of hydrogen-bond acceptors (Lipinski definition) is 5. The summed E-state index contributed by atoms with van der Waals surface area (Å²) in [5.74, 6) is 0.207. The van der Waals surface area contributed by atoms with Gasteiger partial charge in [0.25, 0.3) is 0 Å². The first-order valence-corrected chi connectivity index (χ1v) is 8.97. The van der Waals surface area contributed by atoms with Crippen LogP contribution in [-0.4, -0.2) is 30.7 Å².